The van der Waals surface area contributed by atoms with E-state index in [4.69, 9.17) is 4.74 Å². The lowest BCUT2D eigenvalue weighted by Gasteiger charge is -2.28. The van der Waals surface area contributed by atoms with Crippen molar-refractivity contribution in [3.8, 4) is 11.5 Å². The van der Waals surface area contributed by atoms with Crippen LogP contribution in [0.4, 0.5) is 27.0 Å². The van der Waals surface area contributed by atoms with E-state index < -0.39 is 44.0 Å². The summed E-state index contributed by atoms with van der Waals surface area (Å²) in [7, 11) is -4.51. The van der Waals surface area contributed by atoms with Crippen molar-refractivity contribution in [1.29, 1.82) is 0 Å². The molecular formula is C18H13F5N4O3S2. The first-order chi connectivity index (χ1) is 15.0. The molecule has 1 aliphatic rings. The van der Waals surface area contributed by atoms with Crippen molar-refractivity contribution in [2.24, 2.45) is 0 Å². The van der Waals surface area contributed by atoms with Crippen LogP contribution in [-0.4, -0.2) is 31.1 Å². The molecule has 0 aliphatic carbocycles. The van der Waals surface area contributed by atoms with E-state index in [0.29, 0.717) is 48.4 Å². The molecule has 2 N–H and O–H groups in total. The zero-order chi connectivity index (χ0) is 23.1. The minimum atomic E-state index is -4.68. The number of alkyl halides is 3. The highest BCUT2D eigenvalue weighted by atomic mass is 32.2. The van der Waals surface area contributed by atoms with Crippen molar-refractivity contribution in [3.05, 3.63) is 59.3 Å². The highest BCUT2D eigenvalue weighted by molar-refractivity contribution is 7.93. The zero-order valence-corrected chi connectivity index (χ0v) is 17.4. The maximum Gasteiger partial charge on any atom is 0.416 e. The maximum atomic E-state index is 14.6. The summed E-state index contributed by atoms with van der Waals surface area (Å²) in [5, 5.41) is 6.34. The molecule has 1 fully saturated rings. The third kappa shape index (κ3) is 4.66. The lowest BCUT2D eigenvalue weighted by atomic mass is 9.92. The summed E-state index contributed by atoms with van der Waals surface area (Å²) < 4.78 is 104. The fourth-order valence-corrected chi connectivity index (χ4v) is 4.68. The van der Waals surface area contributed by atoms with Gasteiger partial charge < -0.3 is 10.1 Å². The molecule has 0 spiro atoms. The molecule has 0 bridgehead atoms. The second kappa shape index (κ2) is 8.26. The molecule has 170 valence electrons. The Morgan fingerprint density at radius 2 is 1.84 bits per heavy atom. The molecule has 14 heteroatoms. The largest absolute Gasteiger partial charge is 0.454 e. The quantitative estimate of drug-likeness (QED) is 0.503. The Kier molecular flexibility index (Phi) is 5.77. The predicted molar refractivity (Wildman–Crippen MR) is 104 cm³/mol. The van der Waals surface area contributed by atoms with Gasteiger partial charge in [0.15, 0.2) is 11.6 Å². The van der Waals surface area contributed by atoms with Crippen LogP contribution in [0.3, 0.4) is 0 Å². The van der Waals surface area contributed by atoms with Crippen LogP contribution in [-0.2, 0) is 16.2 Å². The van der Waals surface area contributed by atoms with Gasteiger partial charge >= 0.3 is 6.18 Å². The molecule has 0 atom stereocenters. The van der Waals surface area contributed by atoms with Crippen LogP contribution in [0.15, 0.2) is 41.4 Å². The molecule has 32 heavy (non-hydrogen) atoms. The second-order valence-corrected chi connectivity index (χ2v) is 9.28. The molecule has 0 radical (unpaired) electrons. The van der Waals surface area contributed by atoms with Crippen LogP contribution in [0, 0.1) is 11.6 Å². The molecule has 1 aliphatic heterocycles. The molecule has 2 heterocycles. The number of nitrogens with one attached hydrogen (secondary N) is 2. The third-order valence-corrected chi connectivity index (χ3v) is 6.70. The minimum absolute atomic E-state index is 0.0212. The van der Waals surface area contributed by atoms with Gasteiger partial charge in [-0.05, 0) is 23.8 Å². The van der Waals surface area contributed by atoms with Gasteiger partial charge in [-0.2, -0.15) is 13.2 Å². The lowest BCUT2D eigenvalue weighted by Crippen LogP contribution is -2.39. The van der Waals surface area contributed by atoms with Crippen LogP contribution in [0.2, 0.25) is 0 Å². The number of sulfonamides is 1. The van der Waals surface area contributed by atoms with E-state index in [1.54, 1.807) is 0 Å². The van der Waals surface area contributed by atoms with E-state index in [9.17, 15) is 30.4 Å². The third-order valence-electron chi connectivity index (χ3n) is 4.61. The average Bonchev–Trinajstić information content (AvgIpc) is 3.14. The van der Waals surface area contributed by atoms with Gasteiger partial charge in [0.1, 0.15) is 21.5 Å². The molecule has 1 aromatic heterocycles. The van der Waals surface area contributed by atoms with Crippen LogP contribution >= 0.6 is 11.5 Å². The number of aromatic nitrogens is 2. The fourth-order valence-electron chi connectivity index (χ4n) is 2.93. The first kappa shape index (κ1) is 22.4. The van der Waals surface area contributed by atoms with Crippen molar-refractivity contribution in [2.75, 3.05) is 17.8 Å². The Morgan fingerprint density at radius 3 is 2.44 bits per heavy atom. The average molecular weight is 492 g/mol. The Balaban J connectivity index is 1.66. The summed E-state index contributed by atoms with van der Waals surface area (Å²) in [4.78, 5) is -1.01. The van der Waals surface area contributed by atoms with Crippen LogP contribution in [0.5, 0.6) is 11.5 Å². The molecule has 7 nitrogen and oxygen atoms in total. The van der Waals surface area contributed by atoms with Crippen LogP contribution in [0.25, 0.3) is 0 Å². The summed E-state index contributed by atoms with van der Waals surface area (Å²) in [5.41, 5.74) is -0.671. The molecule has 0 unspecified atom stereocenters. The highest BCUT2D eigenvalue weighted by Gasteiger charge is 2.33. The van der Waals surface area contributed by atoms with Crippen molar-refractivity contribution < 1.29 is 35.1 Å². The lowest BCUT2D eigenvalue weighted by molar-refractivity contribution is -0.137. The van der Waals surface area contributed by atoms with Crippen molar-refractivity contribution in [2.45, 2.75) is 17.0 Å². The first-order valence-electron chi connectivity index (χ1n) is 8.93. The van der Waals surface area contributed by atoms with E-state index in [0.717, 1.165) is 12.3 Å². The molecule has 0 saturated carbocycles. The molecule has 1 saturated heterocycles. The Hall–Kier alpha value is -2.84. The predicted octanol–water partition coefficient (Wildman–Crippen LogP) is 4.12. The number of hydrogen-bond acceptors (Lipinski definition) is 7. The monoisotopic (exact) mass is 492 g/mol. The molecule has 4 rings (SSSR count). The Bertz CT molecular complexity index is 1250. The second-order valence-electron chi connectivity index (χ2n) is 6.85. The maximum absolute atomic E-state index is 14.6. The standard InChI is InChI=1S/C18H13F5N4O3S2/c19-13-5-16(32(28,29)26-17-8-25-27-31-17)14(20)4-15(13)30-12-2-9(10-6-24-7-10)1-11(3-12)18(21,22)23/h1-5,8,10,24,26H,6-7H2. The smallest absolute Gasteiger partial charge is 0.416 e. The van der Waals surface area contributed by atoms with E-state index >= 15 is 0 Å². The van der Waals surface area contributed by atoms with E-state index in [2.05, 4.69) is 14.9 Å². The summed E-state index contributed by atoms with van der Waals surface area (Å²) in [6.07, 6.45) is -3.60. The number of rotatable bonds is 6. The van der Waals surface area contributed by atoms with Gasteiger partial charge in [-0.1, -0.05) is 4.49 Å². The number of halogens is 5. The van der Waals surface area contributed by atoms with Gasteiger partial charge in [-0.3, -0.25) is 4.72 Å². The van der Waals surface area contributed by atoms with Gasteiger partial charge in [0.25, 0.3) is 10.0 Å². The van der Waals surface area contributed by atoms with Crippen LogP contribution in [0.1, 0.15) is 17.0 Å². The van der Waals surface area contributed by atoms with Crippen molar-refractivity contribution in [1.82, 2.24) is 14.9 Å². The Morgan fingerprint density at radius 1 is 1.09 bits per heavy atom. The van der Waals surface area contributed by atoms with E-state index in [1.807, 2.05) is 4.72 Å². The summed E-state index contributed by atoms with van der Waals surface area (Å²) in [6, 6.07) is 3.79. The van der Waals surface area contributed by atoms with Gasteiger partial charge in [0, 0.05) is 42.7 Å². The van der Waals surface area contributed by atoms with Gasteiger partial charge in [-0.15, -0.1) is 5.10 Å². The van der Waals surface area contributed by atoms with E-state index in [1.165, 1.54) is 6.07 Å². The van der Waals surface area contributed by atoms with Crippen LogP contribution < -0.4 is 14.8 Å². The van der Waals surface area contributed by atoms with Gasteiger partial charge in [0.05, 0.1) is 11.8 Å². The minimum Gasteiger partial charge on any atom is -0.454 e. The van der Waals surface area contributed by atoms with E-state index in [-0.39, 0.29) is 16.7 Å². The molecule has 3 aromatic rings. The van der Waals surface area contributed by atoms with Gasteiger partial charge in [-0.25, -0.2) is 17.2 Å². The number of ether oxygens (including phenoxy) is 1. The number of nitrogens with zero attached hydrogens (tertiary/aromatic N) is 2. The summed E-state index contributed by atoms with van der Waals surface area (Å²) >= 11 is 0.684. The number of hydrogen-bond donors (Lipinski definition) is 2. The Labute approximate surface area is 182 Å². The molecule has 0 amide bonds. The molecular weight excluding hydrogens is 479 g/mol. The van der Waals surface area contributed by atoms with Crippen molar-refractivity contribution in [3.63, 3.8) is 0 Å². The number of benzene rings is 2. The molecule has 2 aromatic carbocycles. The summed E-state index contributed by atoms with van der Waals surface area (Å²) in [6.45, 7) is 0.942. The topological polar surface area (TPSA) is 93.2 Å². The SMILES string of the molecule is O=S(=O)(Nc1cnns1)c1cc(F)c(Oc2cc(C3CNC3)cc(C(F)(F)F)c2)cc1F. The fraction of sp³-hybridized carbons (Fsp3) is 0.222. The first-order valence-corrected chi connectivity index (χ1v) is 11.2. The van der Waals surface area contributed by atoms with Crippen molar-refractivity contribution >= 4 is 26.6 Å². The summed E-state index contributed by atoms with van der Waals surface area (Å²) in [5.74, 6) is -3.94. The number of anilines is 1. The highest BCUT2D eigenvalue weighted by Crippen LogP contribution is 2.37. The van der Waals surface area contributed by atoms with Gasteiger partial charge in [0.2, 0.25) is 0 Å². The normalized spacial score (nSPS) is 14.8. The zero-order valence-electron chi connectivity index (χ0n) is 15.8.